The molecule has 0 aliphatic heterocycles. The van der Waals surface area contributed by atoms with E-state index in [9.17, 15) is 10.1 Å². The fourth-order valence-electron chi connectivity index (χ4n) is 1.59. The van der Waals surface area contributed by atoms with E-state index in [2.05, 4.69) is 20.3 Å². The van der Waals surface area contributed by atoms with Gasteiger partial charge in [0.1, 0.15) is 12.0 Å². The molecule has 0 atom stereocenters. The Morgan fingerprint density at radius 1 is 1.33 bits per heavy atom. The third kappa shape index (κ3) is 2.40. The molecule has 2 heterocycles. The van der Waals surface area contributed by atoms with Crippen LogP contribution in [0.1, 0.15) is 11.4 Å². The van der Waals surface area contributed by atoms with Gasteiger partial charge < -0.3 is 5.32 Å². The molecule has 0 aliphatic rings. The second-order valence-electron chi connectivity index (χ2n) is 3.52. The highest BCUT2D eigenvalue weighted by Gasteiger charge is 2.22. The van der Waals surface area contributed by atoms with Crippen molar-refractivity contribution in [2.75, 3.05) is 12.4 Å². The van der Waals surface area contributed by atoms with Gasteiger partial charge in [-0.05, 0) is 12.1 Å². The number of hydrogen-bond acceptors (Lipinski definition) is 6. The van der Waals surface area contributed by atoms with Gasteiger partial charge in [-0.2, -0.15) is 0 Å². The molecule has 92 valence electrons. The highest BCUT2D eigenvalue weighted by molar-refractivity contribution is 5.58. The normalized spacial score (nSPS) is 10.1. The molecular formula is C11H11N5O2. The molecule has 0 bridgehead atoms. The zero-order valence-electron chi connectivity index (χ0n) is 9.70. The van der Waals surface area contributed by atoms with Gasteiger partial charge in [0.15, 0.2) is 0 Å². The molecule has 18 heavy (non-hydrogen) atoms. The van der Waals surface area contributed by atoms with Crippen LogP contribution in [0.2, 0.25) is 0 Å². The minimum atomic E-state index is -0.482. The molecule has 2 aromatic heterocycles. The van der Waals surface area contributed by atoms with E-state index in [1.807, 2.05) is 6.07 Å². The summed E-state index contributed by atoms with van der Waals surface area (Å²) in [5.74, 6) is 0.209. The monoisotopic (exact) mass is 245 g/mol. The van der Waals surface area contributed by atoms with Gasteiger partial charge in [0, 0.05) is 25.4 Å². The molecule has 1 N–H and O–H groups in total. The summed E-state index contributed by atoms with van der Waals surface area (Å²) in [5, 5.41) is 13.7. The highest BCUT2D eigenvalue weighted by Crippen LogP contribution is 2.25. The standard InChI is InChI=1S/C11H11N5O2/c1-12-11-10(16(17)18)9(14-7-15-11)6-8-4-2-3-5-13-8/h2-5,7H,6H2,1H3,(H,12,14,15). The summed E-state index contributed by atoms with van der Waals surface area (Å²) in [6, 6.07) is 5.41. The lowest BCUT2D eigenvalue weighted by Gasteiger charge is -2.05. The molecular weight excluding hydrogens is 234 g/mol. The molecule has 2 aromatic rings. The molecule has 7 nitrogen and oxygen atoms in total. The number of nitrogens with one attached hydrogen (secondary N) is 1. The van der Waals surface area contributed by atoms with E-state index in [1.165, 1.54) is 6.33 Å². The van der Waals surface area contributed by atoms with Crippen molar-refractivity contribution in [1.82, 2.24) is 15.0 Å². The minimum Gasteiger partial charge on any atom is -0.367 e. The van der Waals surface area contributed by atoms with Crippen LogP contribution >= 0.6 is 0 Å². The first-order chi connectivity index (χ1) is 8.72. The Morgan fingerprint density at radius 2 is 2.17 bits per heavy atom. The Bertz CT molecular complexity index is 559. The van der Waals surface area contributed by atoms with E-state index in [1.54, 1.807) is 25.4 Å². The smallest absolute Gasteiger partial charge is 0.333 e. The first-order valence-electron chi connectivity index (χ1n) is 5.28. The van der Waals surface area contributed by atoms with Crippen LogP contribution in [0.5, 0.6) is 0 Å². The van der Waals surface area contributed by atoms with Gasteiger partial charge in [0.2, 0.25) is 5.82 Å². The van der Waals surface area contributed by atoms with Crippen LogP contribution in [0.4, 0.5) is 11.5 Å². The topological polar surface area (TPSA) is 93.8 Å². The van der Waals surface area contributed by atoms with E-state index in [0.29, 0.717) is 12.1 Å². The van der Waals surface area contributed by atoms with Crippen LogP contribution < -0.4 is 5.32 Å². The van der Waals surface area contributed by atoms with Crippen LogP contribution in [0, 0.1) is 10.1 Å². The highest BCUT2D eigenvalue weighted by atomic mass is 16.6. The number of aromatic nitrogens is 3. The summed E-state index contributed by atoms with van der Waals surface area (Å²) in [7, 11) is 1.58. The molecule has 0 aromatic carbocycles. The Labute approximate surface area is 103 Å². The Morgan fingerprint density at radius 3 is 2.78 bits per heavy atom. The van der Waals surface area contributed by atoms with Crippen LogP contribution in [-0.4, -0.2) is 26.9 Å². The van der Waals surface area contributed by atoms with Crippen molar-refractivity contribution >= 4 is 11.5 Å². The van der Waals surface area contributed by atoms with Crippen molar-refractivity contribution in [3.05, 3.63) is 52.2 Å². The molecule has 0 saturated carbocycles. The first kappa shape index (κ1) is 11.9. The summed E-state index contributed by atoms with van der Waals surface area (Å²) < 4.78 is 0. The molecule has 0 aliphatic carbocycles. The zero-order valence-corrected chi connectivity index (χ0v) is 9.70. The summed E-state index contributed by atoms with van der Waals surface area (Å²) in [6.07, 6.45) is 3.24. The van der Waals surface area contributed by atoms with E-state index in [0.717, 1.165) is 5.69 Å². The summed E-state index contributed by atoms with van der Waals surface area (Å²) >= 11 is 0. The quantitative estimate of drug-likeness (QED) is 0.646. The Hall–Kier alpha value is -2.57. The molecule has 2 rings (SSSR count). The van der Waals surface area contributed by atoms with Gasteiger partial charge in [-0.25, -0.2) is 9.97 Å². The van der Waals surface area contributed by atoms with Gasteiger partial charge >= 0.3 is 5.69 Å². The van der Waals surface area contributed by atoms with Crippen LogP contribution in [-0.2, 0) is 6.42 Å². The molecule has 0 fully saturated rings. The molecule has 0 amide bonds. The van der Waals surface area contributed by atoms with Gasteiger partial charge in [0.25, 0.3) is 0 Å². The van der Waals surface area contributed by atoms with Crippen LogP contribution in [0.25, 0.3) is 0 Å². The fraction of sp³-hybridized carbons (Fsp3) is 0.182. The van der Waals surface area contributed by atoms with E-state index < -0.39 is 4.92 Å². The van der Waals surface area contributed by atoms with Crippen molar-refractivity contribution in [1.29, 1.82) is 0 Å². The molecule has 0 radical (unpaired) electrons. The lowest BCUT2D eigenvalue weighted by molar-refractivity contribution is -0.385. The maximum atomic E-state index is 11.1. The molecule has 0 saturated heterocycles. The predicted octanol–water partition coefficient (Wildman–Crippen LogP) is 1.41. The van der Waals surface area contributed by atoms with Gasteiger partial charge in [-0.1, -0.05) is 6.07 Å². The zero-order chi connectivity index (χ0) is 13.0. The van der Waals surface area contributed by atoms with Crippen molar-refractivity contribution in [3.8, 4) is 0 Å². The number of nitrogens with zero attached hydrogens (tertiary/aromatic N) is 4. The van der Waals surface area contributed by atoms with Gasteiger partial charge in [0.05, 0.1) is 4.92 Å². The number of pyridine rings is 1. The van der Waals surface area contributed by atoms with Gasteiger partial charge in [-0.3, -0.25) is 15.1 Å². The Kier molecular flexibility index (Phi) is 3.42. The lowest BCUT2D eigenvalue weighted by atomic mass is 10.2. The SMILES string of the molecule is CNc1ncnc(Cc2ccccn2)c1[N+](=O)[O-]. The third-order valence-corrected chi connectivity index (χ3v) is 2.39. The van der Waals surface area contributed by atoms with Crippen LogP contribution in [0.15, 0.2) is 30.7 Å². The second kappa shape index (κ2) is 5.17. The number of anilines is 1. The maximum Gasteiger partial charge on any atom is 0.333 e. The van der Waals surface area contributed by atoms with Crippen molar-refractivity contribution in [2.24, 2.45) is 0 Å². The van der Waals surface area contributed by atoms with Crippen molar-refractivity contribution in [3.63, 3.8) is 0 Å². The van der Waals surface area contributed by atoms with E-state index >= 15 is 0 Å². The van der Waals surface area contributed by atoms with Crippen molar-refractivity contribution in [2.45, 2.75) is 6.42 Å². The van der Waals surface area contributed by atoms with Crippen molar-refractivity contribution < 1.29 is 4.92 Å². The average molecular weight is 245 g/mol. The fourth-order valence-corrected chi connectivity index (χ4v) is 1.59. The number of hydrogen-bond donors (Lipinski definition) is 1. The number of nitro groups is 1. The minimum absolute atomic E-state index is 0.106. The van der Waals surface area contributed by atoms with E-state index in [4.69, 9.17) is 0 Å². The maximum absolute atomic E-state index is 11.1. The van der Waals surface area contributed by atoms with Gasteiger partial charge in [-0.15, -0.1) is 0 Å². The summed E-state index contributed by atoms with van der Waals surface area (Å²) in [5.41, 5.74) is 0.963. The molecule has 0 unspecified atom stereocenters. The molecule has 0 spiro atoms. The average Bonchev–Trinajstić information content (AvgIpc) is 2.39. The summed E-state index contributed by atoms with van der Waals surface area (Å²) in [4.78, 5) is 22.5. The largest absolute Gasteiger partial charge is 0.367 e. The summed E-state index contributed by atoms with van der Waals surface area (Å²) in [6.45, 7) is 0. The predicted molar refractivity (Wildman–Crippen MR) is 65.3 cm³/mol. The van der Waals surface area contributed by atoms with Crippen LogP contribution in [0.3, 0.4) is 0 Å². The Balaban J connectivity index is 2.42. The number of rotatable bonds is 4. The third-order valence-electron chi connectivity index (χ3n) is 2.39. The first-order valence-corrected chi connectivity index (χ1v) is 5.28. The second-order valence-corrected chi connectivity index (χ2v) is 3.52. The lowest BCUT2D eigenvalue weighted by Crippen LogP contribution is -2.06. The van der Waals surface area contributed by atoms with E-state index in [-0.39, 0.29) is 11.5 Å². The molecule has 7 heteroatoms.